The zero-order valence-electron chi connectivity index (χ0n) is 14.5. The Morgan fingerprint density at radius 1 is 1.21 bits per heavy atom. The van der Waals surface area contributed by atoms with Gasteiger partial charge in [0.25, 0.3) is 0 Å². The number of nitrogens with zero attached hydrogens (tertiary/aromatic N) is 6. The van der Waals surface area contributed by atoms with Crippen molar-refractivity contribution in [2.45, 2.75) is 31.3 Å². The molecule has 2 aromatic heterocycles. The first-order chi connectivity index (χ1) is 11.7. The van der Waals surface area contributed by atoms with E-state index < -0.39 is 0 Å². The summed E-state index contributed by atoms with van der Waals surface area (Å²) in [6.07, 6.45) is 9.51. The van der Waals surface area contributed by atoms with Crippen LogP contribution >= 0.6 is 0 Å². The second-order valence-electron chi connectivity index (χ2n) is 7.16. The van der Waals surface area contributed by atoms with E-state index in [0.29, 0.717) is 11.8 Å². The smallest absolute Gasteiger partial charge is 0.135 e. The molecule has 0 saturated carbocycles. The maximum absolute atomic E-state index is 6.00. The first-order valence-electron chi connectivity index (χ1n) is 8.87. The molecule has 2 atom stereocenters. The SMILES string of the molecule is Cn1cc([C@H]2OCC[C@@H]2CN2CCC(c3nncn3C)CC2)cn1. The van der Waals surface area contributed by atoms with Crippen LogP contribution in [-0.4, -0.2) is 55.7 Å². The molecule has 0 amide bonds. The Balaban J connectivity index is 1.34. The van der Waals surface area contributed by atoms with Crippen molar-refractivity contribution in [1.29, 1.82) is 0 Å². The van der Waals surface area contributed by atoms with Gasteiger partial charge in [-0.3, -0.25) is 4.68 Å². The number of aromatic nitrogens is 5. The fraction of sp³-hybridized carbons (Fsp3) is 0.706. The monoisotopic (exact) mass is 330 g/mol. The molecule has 130 valence electrons. The Bertz CT molecular complexity index is 672. The van der Waals surface area contributed by atoms with E-state index in [1.54, 1.807) is 6.33 Å². The fourth-order valence-corrected chi connectivity index (χ4v) is 4.14. The van der Waals surface area contributed by atoms with Crippen molar-refractivity contribution in [3.05, 3.63) is 30.1 Å². The molecule has 4 rings (SSSR count). The molecule has 0 aliphatic carbocycles. The van der Waals surface area contributed by atoms with Crippen molar-refractivity contribution < 1.29 is 4.74 Å². The third kappa shape index (κ3) is 3.10. The predicted octanol–water partition coefficient (Wildman–Crippen LogP) is 1.51. The van der Waals surface area contributed by atoms with E-state index in [9.17, 15) is 0 Å². The number of aryl methyl sites for hydroxylation is 2. The molecule has 2 fully saturated rings. The lowest BCUT2D eigenvalue weighted by molar-refractivity contribution is 0.0735. The molecule has 0 aromatic carbocycles. The van der Waals surface area contributed by atoms with Gasteiger partial charge in [-0.2, -0.15) is 5.10 Å². The summed E-state index contributed by atoms with van der Waals surface area (Å²) in [5, 5.41) is 12.6. The highest BCUT2D eigenvalue weighted by Crippen LogP contribution is 2.36. The van der Waals surface area contributed by atoms with Gasteiger partial charge in [0, 0.05) is 50.8 Å². The summed E-state index contributed by atoms with van der Waals surface area (Å²) in [6.45, 7) is 4.24. The van der Waals surface area contributed by atoms with Crippen molar-refractivity contribution >= 4 is 0 Å². The van der Waals surface area contributed by atoms with E-state index in [0.717, 1.165) is 51.3 Å². The van der Waals surface area contributed by atoms with Gasteiger partial charge >= 0.3 is 0 Å². The van der Waals surface area contributed by atoms with Crippen LogP contribution in [0, 0.1) is 5.92 Å². The number of ether oxygens (including phenoxy) is 1. The van der Waals surface area contributed by atoms with E-state index >= 15 is 0 Å². The summed E-state index contributed by atoms with van der Waals surface area (Å²) in [7, 11) is 4.00. The van der Waals surface area contributed by atoms with Gasteiger partial charge in [-0.25, -0.2) is 0 Å². The Morgan fingerprint density at radius 2 is 2.04 bits per heavy atom. The third-order valence-corrected chi connectivity index (χ3v) is 5.46. The first-order valence-corrected chi connectivity index (χ1v) is 8.87. The number of piperidine rings is 1. The molecule has 2 aromatic rings. The van der Waals surface area contributed by atoms with Crippen LogP contribution in [0.5, 0.6) is 0 Å². The van der Waals surface area contributed by atoms with Gasteiger partial charge in [-0.05, 0) is 32.4 Å². The van der Waals surface area contributed by atoms with Crippen LogP contribution < -0.4 is 0 Å². The highest BCUT2D eigenvalue weighted by atomic mass is 16.5. The zero-order valence-corrected chi connectivity index (χ0v) is 14.5. The molecule has 24 heavy (non-hydrogen) atoms. The number of rotatable bonds is 4. The summed E-state index contributed by atoms with van der Waals surface area (Å²) in [5.41, 5.74) is 1.22. The summed E-state index contributed by atoms with van der Waals surface area (Å²) in [5.74, 6) is 2.25. The number of hydrogen-bond acceptors (Lipinski definition) is 5. The summed E-state index contributed by atoms with van der Waals surface area (Å²) in [6, 6.07) is 0. The van der Waals surface area contributed by atoms with E-state index in [1.165, 1.54) is 5.56 Å². The van der Waals surface area contributed by atoms with Gasteiger partial charge in [-0.15, -0.1) is 10.2 Å². The van der Waals surface area contributed by atoms with Crippen molar-refractivity contribution in [2.24, 2.45) is 20.0 Å². The molecular formula is C17H26N6O. The lowest BCUT2D eigenvalue weighted by Crippen LogP contribution is -2.37. The highest BCUT2D eigenvalue weighted by molar-refractivity contribution is 5.11. The molecule has 7 heteroatoms. The van der Waals surface area contributed by atoms with Gasteiger partial charge in [0.15, 0.2) is 0 Å². The molecule has 0 unspecified atom stereocenters. The molecule has 0 spiro atoms. The Kier molecular flexibility index (Phi) is 4.37. The predicted molar refractivity (Wildman–Crippen MR) is 89.4 cm³/mol. The highest BCUT2D eigenvalue weighted by Gasteiger charge is 2.33. The largest absolute Gasteiger partial charge is 0.373 e. The van der Waals surface area contributed by atoms with E-state index in [4.69, 9.17) is 4.74 Å². The van der Waals surface area contributed by atoms with Crippen LogP contribution in [0.25, 0.3) is 0 Å². The van der Waals surface area contributed by atoms with Crippen molar-refractivity contribution in [2.75, 3.05) is 26.2 Å². The minimum absolute atomic E-state index is 0.204. The zero-order chi connectivity index (χ0) is 16.5. The van der Waals surface area contributed by atoms with Crippen LogP contribution in [0.1, 0.15) is 42.7 Å². The van der Waals surface area contributed by atoms with Gasteiger partial charge in [-0.1, -0.05) is 0 Å². The number of likely N-dealkylation sites (tertiary alicyclic amines) is 1. The Hall–Kier alpha value is -1.73. The van der Waals surface area contributed by atoms with E-state index in [1.807, 2.05) is 25.0 Å². The second kappa shape index (κ2) is 6.64. The second-order valence-corrected chi connectivity index (χ2v) is 7.16. The summed E-state index contributed by atoms with van der Waals surface area (Å²) in [4.78, 5) is 2.59. The topological polar surface area (TPSA) is 61.0 Å². The molecule has 0 radical (unpaired) electrons. The van der Waals surface area contributed by atoms with Crippen LogP contribution in [0.2, 0.25) is 0 Å². The van der Waals surface area contributed by atoms with Crippen molar-refractivity contribution in [1.82, 2.24) is 29.4 Å². The van der Waals surface area contributed by atoms with Gasteiger partial charge < -0.3 is 14.2 Å². The van der Waals surface area contributed by atoms with Gasteiger partial charge in [0.1, 0.15) is 12.2 Å². The van der Waals surface area contributed by atoms with Gasteiger partial charge in [0.05, 0.1) is 12.3 Å². The molecule has 0 bridgehead atoms. The summed E-state index contributed by atoms with van der Waals surface area (Å²) < 4.78 is 9.92. The number of hydrogen-bond donors (Lipinski definition) is 0. The standard InChI is InChI=1S/C17H26N6O/c1-21-12-18-20-17(21)13-3-6-23(7-4-13)11-14-5-8-24-16(14)15-9-19-22(2)10-15/h9-10,12-14,16H,3-8,11H2,1-2H3/t14-,16+/m1/s1. The van der Waals surface area contributed by atoms with Gasteiger partial charge in [0.2, 0.25) is 0 Å². The Labute approximate surface area is 142 Å². The fourth-order valence-electron chi connectivity index (χ4n) is 4.14. The van der Waals surface area contributed by atoms with Crippen LogP contribution in [0.3, 0.4) is 0 Å². The minimum Gasteiger partial charge on any atom is -0.373 e. The lowest BCUT2D eigenvalue weighted by atomic mass is 9.92. The minimum atomic E-state index is 0.204. The molecule has 7 nitrogen and oxygen atoms in total. The van der Waals surface area contributed by atoms with Crippen molar-refractivity contribution in [3.63, 3.8) is 0 Å². The summed E-state index contributed by atoms with van der Waals surface area (Å²) >= 11 is 0. The van der Waals surface area contributed by atoms with Crippen molar-refractivity contribution in [3.8, 4) is 0 Å². The normalized spacial score (nSPS) is 26.2. The Morgan fingerprint density at radius 3 is 2.71 bits per heavy atom. The molecular weight excluding hydrogens is 304 g/mol. The van der Waals surface area contributed by atoms with Crippen LogP contribution in [-0.2, 0) is 18.8 Å². The molecule has 2 aliphatic rings. The molecule has 0 N–H and O–H groups in total. The molecule has 4 heterocycles. The van der Waals surface area contributed by atoms with Crippen LogP contribution in [0.15, 0.2) is 18.7 Å². The van der Waals surface area contributed by atoms with E-state index in [-0.39, 0.29) is 6.10 Å². The average Bonchev–Trinajstić information content (AvgIpc) is 3.30. The average molecular weight is 330 g/mol. The van der Waals surface area contributed by atoms with E-state index in [2.05, 4.69) is 31.0 Å². The third-order valence-electron chi connectivity index (χ3n) is 5.46. The molecule has 2 saturated heterocycles. The maximum Gasteiger partial charge on any atom is 0.135 e. The molecule has 2 aliphatic heterocycles. The van der Waals surface area contributed by atoms with Crippen LogP contribution in [0.4, 0.5) is 0 Å². The quantitative estimate of drug-likeness (QED) is 0.850. The maximum atomic E-state index is 6.00. The lowest BCUT2D eigenvalue weighted by Gasteiger charge is -2.33. The first kappa shape index (κ1) is 15.8.